The molecule has 0 bridgehead atoms. The zero-order valence-corrected chi connectivity index (χ0v) is 15.5. The van der Waals surface area contributed by atoms with Gasteiger partial charge in [0, 0.05) is 24.3 Å². The molecule has 1 N–H and O–H groups in total. The number of aromatic nitrogens is 3. The second kappa shape index (κ2) is 7.25. The normalized spacial score (nSPS) is 15.1. The van der Waals surface area contributed by atoms with E-state index in [0.29, 0.717) is 29.2 Å². The number of nitrogens with zero attached hydrogens (tertiary/aromatic N) is 3. The summed E-state index contributed by atoms with van der Waals surface area (Å²) >= 11 is 1.55. The fraction of sp³-hybridized carbons (Fsp3) is 0.500. The Kier molecular flexibility index (Phi) is 5.27. The van der Waals surface area contributed by atoms with E-state index in [2.05, 4.69) is 33.3 Å². The first-order valence-electron chi connectivity index (χ1n) is 8.11. The molecule has 3 rings (SSSR count). The number of thioether (sulfide) groups is 1. The van der Waals surface area contributed by atoms with Gasteiger partial charge >= 0.3 is 0 Å². The van der Waals surface area contributed by atoms with Crippen LogP contribution in [-0.4, -0.2) is 35.5 Å². The summed E-state index contributed by atoms with van der Waals surface area (Å²) in [6.07, 6.45) is 2.35. The summed E-state index contributed by atoms with van der Waals surface area (Å²) < 4.78 is 29.2. The molecule has 6 nitrogen and oxygen atoms in total. The molecule has 2 aromatic rings. The Hall–Kier alpha value is -1.38. The van der Waals surface area contributed by atoms with Crippen molar-refractivity contribution < 1.29 is 8.42 Å². The maximum absolute atomic E-state index is 12.2. The van der Waals surface area contributed by atoms with Crippen LogP contribution in [0.3, 0.4) is 0 Å². The summed E-state index contributed by atoms with van der Waals surface area (Å²) in [6, 6.07) is 8.93. The zero-order valence-electron chi connectivity index (χ0n) is 13.8. The third kappa shape index (κ3) is 3.99. The molecular weight excluding hydrogens is 344 g/mol. The highest BCUT2D eigenvalue weighted by molar-refractivity contribution is 7.99. The minimum atomic E-state index is -3.44. The fourth-order valence-corrected chi connectivity index (χ4v) is 4.51. The monoisotopic (exact) mass is 366 g/mol. The van der Waals surface area contributed by atoms with E-state index >= 15 is 0 Å². The number of rotatable bonds is 8. The molecule has 0 radical (unpaired) electrons. The average Bonchev–Trinajstić information content (AvgIpc) is 3.31. The lowest BCUT2D eigenvalue weighted by atomic mass is 10.2. The van der Waals surface area contributed by atoms with Crippen molar-refractivity contribution in [2.75, 3.05) is 12.3 Å². The standard InChI is InChI=1S/C16H22N4O2S2/c1-12(2)15-18-19-16(20(15)13-8-9-13)23-11-10-17-24(21,22)14-6-4-3-5-7-14/h3-7,12-13,17H,8-11H2,1-2H3. The minimum absolute atomic E-state index is 0.290. The Morgan fingerprint density at radius 1 is 1.25 bits per heavy atom. The molecule has 0 saturated heterocycles. The second-order valence-corrected chi connectivity index (χ2v) is 8.98. The quantitative estimate of drug-likeness (QED) is 0.574. The molecule has 1 fully saturated rings. The van der Waals surface area contributed by atoms with Gasteiger partial charge in [-0.1, -0.05) is 43.8 Å². The topological polar surface area (TPSA) is 76.9 Å². The summed E-state index contributed by atoms with van der Waals surface area (Å²) in [5.74, 6) is 1.98. The fourth-order valence-electron chi connectivity index (χ4n) is 2.46. The van der Waals surface area contributed by atoms with Gasteiger partial charge in [-0.05, 0) is 25.0 Å². The summed E-state index contributed by atoms with van der Waals surface area (Å²) in [6.45, 7) is 4.59. The van der Waals surface area contributed by atoms with E-state index in [0.717, 1.165) is 11.0 Å². The van der Waals surface area contributed by atoms with Gasteiger partial charge in [-0.25, -0.2) is 13.1 Å². The Balaban J connectivity index is 1.58. The van der Waals surface area contributed by atoms with Crippen molar-refractivity contribution in [2.24, 2.45) is 0 Å². The van der Waals surface area contributed by atoms with E-state index in [9.17, 15) is 8.42 Å². The number of hydrogen-bond donors (Lipinski definition) is 1. The smallest absolute Gasteiger partial charge is 0.240 e. The molecule has 0 amide bonds. The first-order valence-corrected chi connectivity index (χ1v) is 10.6. The van der Waals surface area contributed by atoms with Crippen LogP contribution in [0.2, 0.25) is 0 Å². The van der Waals surface area contributed by atoms with Crippen molar-refractivity contribution in [1.29, 1.82) is 0 Å². The van der Waals surface area contributed by atoms with E-state index in [-0.39, 0.29) is 0 Å². The Morgan fingerprint density at radius 3 is 2.58 bits per heavy atom. The predicted octanol–water partition coefficient (Wildman–Crippen LogP) is 2.81. The average molecular weight is 367 g/mol. The highest BCUT2D eigenvalue weighted by Gasteiger charge is 2.30. The van der Waals surface area contributed by atoms with Crippen molar-refractivity contribution in [2.45, 2.75) is 48.7 Å². The summed E-state index contributed by atoms with van der Waals surface area (Å²) in [5, 5.41) is 9.48. The Morgan fingerprint density at radius 2 is 1.96 bits per heavy atom. The number of nitrogens with one attached hydrogen (secondary N) is 1. The molecule has 130 valence electrons. The van der Waals surface area contributed by atoms with E-state index in [1.807, 2.05) is 0 Å². The zero-order chi connectivity index (χ0) is 17.2. The molecule has 24 heavy (non-hydrogen) atoms. The van der Waals surface area contributed by atoms with Crippen LogP contribution < -0.4 is 4.72 Å². The van der Waals surface area contributed by atoms with Crippen LogP contribution in [0.5, 0.6) is 0 Å². The third-order valence-corrected chi connectivity index (χ3v) is 6.22. The van der Waals surface area contributed by atoms with E-state index in [4.69, 9.17) is 0 Å². The number of hydrogen-bond acceptors (Lipinski definition) is 5. The molecular formula is C16H22N4O2S2. The van der Waals surface area contributed by atoms with Crippen LogP contribution in [0.4, 0.5) is 0 Å². The van der Waals surface area contributed by atoms with Crippen LogP contribution in [0.15, 0.2) is 40.4 Å². The largest absolute Gasteiger partial charge is 0.303 e. The van der Waals surface area contributed by atoms with Crippen LogP contribution in [0, 0.1) is 0 Å². The van der Waals surface area contributed by atoms with E-state index in [1.54, 1.807) is 42.1 Å². The highest BCUT2D eigenvalue weighted by Crippen LogP contribution is 2.39. The number of sulfonamides is 1. The van der Waals surface area contributed by atoms with E-state index < -0.39 is 10.0 Å². The molecule has 0 atom stereocenters. The van der Waals surface area contributed by atoms with Gasteiger partial charge < -0.3 is 4.57 Å². The minimum Gasteiger partial charge on any atom is -0.303 e. The second-order valence-electron chi connectivity index (χ2n) is 6.16. The molecule has 8 heteroatoms. The van der Waals surface area contributed by atoms with Gasteiger partial charge in [-0.15, -0.1) is 10.2 Å². The first-order chi connectivity index (χ1) is 11.5. The molecule has 1 aliphatic rings. The highest BCUT2D eigenvalue weighted by atomic mass is 32.2. The van der Waals surface area contributed by atoms with Crippen molar-refractivity contribution in [1.82, 2.24) is 19.5 Å². The molecule has 1 aromatic carbocycles. The van der Waals surface area contributed by atoms with Gasteiger partial charge in [-0.2, -0.15) is 0 Å². The van der Waals surface area contributed by atoms with Gasteiger partial charge in [0.25, 0.3) is 0 Å². The molecule has 0 unspecified atom stereocenters. The third-order valence-electron chi connectivity index (χ3n) is 3.80. The molecule has 1 aromatic heterocycles. The molecule has 1 heterocycles. The van der Waals surface area contributed by atoms with Crippen LogP contribution in [0.1, 0.15) is 44.5 Å². The van der Waals surface area contributed by atoms with Crippen molar-refractivity contribution in [3.05, 3.63) is 36.2 Å². The summed E-state index contributed by atoms with van der Waals surface area (Å²) in [5.41, 5.74) is 0. The Labute approximate surface area is 147 Å². The van der Waals surface area contributed by atoms with E-state index in [1.165, 1.54) is 12.8 Å². The number of benzene rings is 1. The summed E-state index contributed by atoms with van der Waals surface area (Å²) in [7, 11) is -3.44. The van der Waals surface area contributed by atoms with Crippen LogP contribution >= 0.6 is 11.8 Å². The van der Waals surface area contributed by atoms with Crippen molar-refractivity contribution in [3.8, 4) is 0 Å². The van der Waals surface area contributed by atoms with Crippen LogP contribution in [0.25, 0.3) is 0 Å². The van der Waals surface area contributed by atoms with Gasteiger partial charge in [-0.3, -0.25) is 0 Å². The Bertz CT molecular complexity index is 784. The van der Waals surface area contributed by atoms with Gasteiger partial charge in [0.1, 0.15) is 5.82 Å². The first kappa shape index (κ1) is 17.4. The van der Waals surface area contributed by atoms with Gasteiger partial charge in [0.05, 0.1) is 4.90 Å². The maximum Gasteiger partial charge on any atom is 0.240 e. The molecule has 1 saturated carbocycles. The molecule has 0 spiro atoms. The lowest BCUT2D eigenvalue weighted by Gasteiger charge is -2.11. The van der Waals surface area contributed by atoms with Crippen LogP contribution in [-0.2, 0) is 10.0 Å². The van der Waals surface area contributed by atoms with Crippen molar-refractivity contribution in [3.63, 3.8) is 0 Å². The molecule has 1 aliphatic carbocycles. The lowest BCUT2D eigenvalue weighted by Crippen LogP contribution is -2.26. The molecule has 0 aliphatic heterocycles. The van der Waals surface area contributed by atoms with Gasteiger partial charge in [0.2, 0.25) is 10.0 Å². The van der Waals surface area contributed by atoms with Gasteiger partial charge in [0.15, 0.2) is 5.16 Å². The SMILES string of the molecule is CC(C)c1nnc(SCCNS(=O)(=O)c2ccccc2)n1C1CC1. The van der Waals surface area contributed by atoms with Crippen molar-refractivity contribution >= 4 is 21.8 Å². The summed E-state index contributed by atoms with van der Waals surface area (Å²) in [4.78, 5) is 0.290. The predicted molar refractivity (Wildman–Crippen MR) is 94.7 cm³/mol. The lowest BCUT2D eigenvalue weighted by molar-refractivity contribution is 0.584. The maximum atomic E-state index is 12.2.